The molecule has 9 heteroatoms. The zero-order valence-electron chi connectivity index (χ0n) is 5.71. The van der Waals surface area contributed by atoms with E-state index < -0.39 is 25.0 Å². The van der Waals surface area contributed by atoms with E-state index in [1.165, 1.54) is 0 Å². The third kappa shape index (κ3) is 4.27. The van der Waals surface area contributed by atoms with Gasteiger partial charge in [-0.05, 0) is 0 Å². The van der Waals surface area contributed by atoms with Crippen LogP contribution >= 0.6 is 0 Å². The van der Waals surface area contributed by atoms with Crippen LogP contribution in [0.2, 0.25) is 0 Å². The van der Waals surface area contributed by atoms with Gasteiger partial charge in [0.15, 0.2) is 0 Å². The summed E-state index contributed by atoms with van der Waals surface area (Å²) < 4.78 is 82.3. The van der Waals surface area contributed by atoms with Crippen molar-refractivity contribution in [2.75, 3.05) is 6.61 Å². The first kappa shape index (κ1) is 12.4. The molecule has 0 radical (unpaired) electrons. The molecular weight excluding hydrogens is 213 g/mol. The molecule has 0 aromatic rings. The Hall–Kier alpha value is -0.570. The highest BCUT2D eigenvalue weighted by Gasteiger charge is 2.58. The summed E-state index contributed by atoms with van der Waals surface area (Å²) >= 11 is 0. The molecule has 0 saturated carbocycles. The Balaban J connectivity index is 4.21. The van der Waals surface area contributed by atoms with Crippen LogP contribution in [0.25, 0.3) is 0 Å². The van der Waals surface area contributed by atoms with E-state index in [-0.39, 0.29) is 0 Å². The molecule has 2 nitrogen and oxygen atoms in total. The first-order valence-corrected chi connectivity index (χ1v) is 2.64. The quantitative estimate of drug-likeness (QED) is 0.728. The highest BCUT2D eigenvalue weighted by atomic mass is 19.4. The Morgan fingerprint density at radius 1 is 0.923 bits per heavy atom. The molecule has 0 bridgehead atoms. The standard InChI is InChI=1S/C4H3F7O2/c5-2(6,7)1-13-4(10,11)3(8,9)12/h12H,1H2. The molecule has 0 saturated heterocycles. The Morgan fingerprint density at radius 3 is 1.54 bits per heavy atom. The van der Waals surface area contributed by atoms with Gasteiger partial charge in [0.05, 0.1) is 0 Å². The highest BCUT2D eigenvalue weighted by molar-refractivity contribution is 4.64. The van der Waals surface area contributed by atoms with Crippen LogP contribution in [0, 0.1) is 0 Å². The molecule has 0 fully saturated rings. The molecule has 0 aromatic heterocycles. The van der Waals surface area contributed by atoms with Crippen LogP contribution in [0.4, 0.5) is 30.7 Å². The predicted molar refractivity (Wildman–Crippen MR) is 24.1 cm³/mol. The molecule has 0 spiro atoms. The second kappa shape index (κ2) is 3.29. The Morgan fingerprint density at radius 2 is 1.31 bits per heavy atom. The van der Waals surface area contributed by atoms with Crippen molar-refractivity contribution < 1.29 is 40.6 Å². The summed E-state index contributed by atoms with van der Waals surface area (Å²) in [4.78, 5) is 0. The van der Waals surface area contributed by atoms with Crippen LogP contribution in [0.3, 0.4) is 0 Å². The Kier molecular flexibility index (Phi) is 3.15. The monoisotopic (exact) mass is 216 g/mol. The fourth-order valence-corrected chi connectivity index (χ4v) is 0.259. The molecule has 0 atom stereocenters. The summed E-state index contributed by atoms with van der Waals surface area (Å²) in [6.07, 6.45) is -16.4. The first-order valence-electron chi connectivity index (χ1n) is 2.64. The van der Waals surface area contributed by atoms with Gasteiger partial charge in [0.25, 0.3) is 0 Å². The summed E-state index contributed by atoms with van der Waals surface area (Å²) in [5.41, 5.74) is 0. The van der Waals surface area contributed by atoms with E-state index in [1.807, 2.05) is 0 Å². The number of halogens is 7. The van der Waals surface area contributed by atoms with Gasteiger partial charge >= 0.3 is 18.4 Å². The molecule has 1 N–H and O–H groups in total. The number of ether oxygens (including phenoxy) is 1. The molecule has 80 valence electrons. The van der Waals surface area contributed by atoms with Gasteiger partial charge in [0, 0.05) is 0 Å². The Labute approximate surface area is 66.9 Å². The number of hydrogen-bond donors (Lipinski definition) is 1. The second-order valence-electron chi connectivity index (χ2n) is 1.96. The molecule has 0 aromatic carbocycles. The van der Waals surface area contributed by atoms with Gasteiger partial charge < -0.3 is 9.84 Å². The minimum absolute atomic E-state index is 2.50. The summed E-state index contributed by atoms with van der Waals surface area (Å²) in [6.45, 7) is -2.57. The zero-order valence-corrected chi connectivity index (χ0v) is 5.71. The van der Waals surface area contributed by atoms with Gasteiger partial charge in [-0.15, -0.1) is 0 Å². The van der Waals surface area contributed by atoms with Crippen molar-refractivity contribution >= 4 is 0 Å². The normalized spacial score (nSPS) is 14.8. The highest BCUT2D eigenvalue weighted by Crippen LogP contribution is 2.34. The zero-order chi connectivity index (χ0) is 10.9. The summed E-state index contributed by atoms with van der Waals surface area (Å²) in [5.74, 6) is 0. The number of hydrogen-bond acceptors (Lipinski definition) is 2. The first-order chi connectivity index (χ1) is 5.46. The molecule has 0 amide bonds. The van der Waals surface area contributed by atoms with Gasteiger partial charge in [0.1, 0.15) is 6.61 Å². The molecule has 0 aliphatic rings. The Bertz CT molecular complexity index is 168. The van der Waals surface area contributed by atoms with Crippen molar-refractivity contribution in [3.63, 3.8) is 0 Å². The fourth-order valence-electron chi connectivity index (χ4n) is 0.259. The van der Waals surface area contributed by atoms with E-state index in [0.29, 0.717) is 0 Å². The van der Waals surface area contributed by atoms with Crippen molar-refractivity contribution in [2.24, 2.45) is 0 Å². The number of alkyl halides is 7. The van der Waals surface area contributed by atoms with Crippen molar-refractivity contribution in [3.8, 4) is 0 Å². The molecule has 0 aliphatic carbocycles. The lowest BCUT2D eigenvalue weighted by Crippen LogP contribution is -2.44. The molecule has 0 heterocycles. The summed E-state index contributed by atoms with van der Waals surface area (Å²) in [6, 6.07) is 0. The van der Waals surface area contributed by atoms with Gasteiger partial charge in [-0.2, -0.15) is 30.7 Å². The molecular formula is C4H3F7O2. The van der Waals surface area contributed by atoms with Crippen molar-refractivity contribution in [1.29, 1.82) is 0 Å². The van der Waals surface area contributed by atoms with Crippen molar-refractivity contribution in [1.82, 2.24) is 0 Å². The maximum Gasteiger partial charge on any atom is 0.448 e. The SMILES string of the molecule is OC(F)(F)C(F)(F)OCC(F)(F)F. The van der Waals surface area contributed by atoms with Crippen LogP contribution < -0.4 is 0 Å². The average Bonchev–Trinajstić information content (AvgIpc) is 1.79. The maximum atomic E-state index is 11.7. The van der Waals surface area contributed by atoms with Crippen LogP contribution in [0.15, 0.2) is 0 Å². The van der Waals surface area contributed by atoms with Crippen LogP contribution in [-0.4, -0.2) is 30.1 Å². The van der Waals surface area contributed by atoms with Gasteiger partial charge in [-0.3, -0.25) is 0 Å². The number of rotatable bonds is 3. The van der Waals surface area contributed by atoms with Crippen LogP contribution in [0.5, 0.6) is 0 Å². The van der Waals surface area contributed by atoms with Gasteiger partial charge in [0.2, 0.25) is 0 Å². The number of aliphatic hydroxyl groups is 1. The topological polar surface area (TPSA) is 29.5 Å². The van der Waals surface area contributed by atoms with E-state index >= 15 is 0 Å². The van der Waals surface area contributed by atoms with Crippen molar-refractivity contribution in [3.05, 3.63) is 0 Å². The van der Waals surface area contributed by atoms with Crippen LogP contribution in [-0.2, 0) is 4.74 Å². The smallest absolute Gasteiger partial charge is 0.329 e. The average molecular weight is 216 g/mol. The minimum atomic E-state index is -5.64. The van der Waals surface area contributed by atoms with E-state index in [1.54, 1.807) is 0 Å². The van der Waals surface area contributed by atoms with E-state index in [2.05, 4.69) is 4.74 Å². The molecule has 0 unspecified atom stereocenters. The van der Waals surface area contributed by atoms with Gasteiger partial charge in [-0.25, -0.2) is 0 Å². The second-order valence-corrected chi connectivity index (χ2v) is 1.96. The van der Waals surface area contributed by atoms with Crippen LogP contribution in [0.1, 0.15) is 0 Å². The minimum Gasteiger partial charge on any atom is -0.329 e. The van der Waals surface area contributed by atoms with E-state index in [9.17, 15) is 30.7 Å². The largest absolute Gasteiger partial charge is 0.448 e. The third-order valence-corrected chi connectivity index (χ3v) is 0.767. The predicted octanol–water partition coefficient (Wildman–Crippen LogP) is 1.74. The molecule has 0 rings (SSSR count). The molecule has 0 aliphatic heterocycles. The van der Waals surface area contributed by atoms with Gasteiger partial charge in [-0.1, -0.05) is 0 Å². The lowest BCUT2D eigenvalue weighted by atomic mass is 10.5. The molecule has 13 heavy (non-hydrogen) atoms. The summed E-state index contributed by atoms with van der Waals surface area (Å²) in [7, 11) is 0. The lowest BCUT2D eigenvalue weighted by molar-refractivity contribution is -0.428. The van der Waals surface area contributed by atoms with E-state index in [0.717, 1.165) is 0 Å². The van der Waals surface area contributed by atoms with E-state index in [4.69, 9.17) is 5.11 Å². The third-order valence-electron chi connectivity index (χ3n) is 0.767. The fraction of sp³-hybridized carbons (Fsp3) is 1.00. The van der Waals surface area contributed by atoms with Crippen molar-refractivity contribution in [2.45, 2.75) is 18.4 Å². The summed E-state index contributed by atoms with van der Waals surface area (Å²) in [5, 5.41) is 7.37. The lowest BCUT2D eigenvalue weighted by Gasteiger charge is -2.21. The maximum absolute atomic E-state index is 11.7.